The number of carbonyl (C=O) groups excluding carboxylic acids is 2. The molecule has 5 nitrogen and oxygen atoms in total. The average molecular weight is 473 g/mol. The number of anilines is 1. The molecule has 30 heavy (non-hydrogen) atoms. The second kappa shape index (κ2) is 10.8. The molecule has 2 N–H and O–H groups in total. The number of allylic oxidation sites excluding steroid dienone is 1. The number of urea groups is 1. The van der Waals surface area contributed by atoms with Crippen LogP contribution in [-0.4, -0.2) is 20.7 Å². The molecule has 9 heteroatoms. The Morgan fingerprint density at radius 1 is 1.20 bits per heavy atom. The van der Waals surface area contributed by atoms with Crippen LogP contribution in [0.25, 0.3) is 5.57 Å². The van der Waals surface area contributed by atoms with Crippen molar-refractivity contribution in [3.05, 3.63) is 65.1 Å². The SMILES string of the molecule is CCCCC=C(c1ccc(NC(=O)NC(=O)C(Cl)(Cl)Cl)nc1)c1ccc(F)cc1C. The molecule has 0 atom stereocenters. The van der Waals surface area contributed by atoms with Crippen LogP contribution in [0, 0.1) is 12.7 Å². The lowest BCUT2D eigenvalue weighted by Gasteiger charge is -2.13. The Labute approximate surface area is 189 Å². The summed E-state index contributed by atoms with van der Waals surface area (Å²) in [4.78, 5) is 27.6. The summed E-state index contributed by atoms with van der Waals surface area (Å²) in [6, 6.07) is 7.13. The molecule has 2 aromatic rings. The molecule has 0 aliphatic heterocycles. The van der Waals surface area contributed by atoms with Crippen molar-refractivity contribution in [1.82, 2.24) is 10.3 Å². The van der Waals surface area contributed by atoms with E-state index in [-0.39, 0.29) is 11.6 Å². The number of nitrogens with one attached hydrogen (secondary N) is 2. The summed E-state index contributed by atoms with van der Waals surface area (Å²) in [6.07, 6.45) is 6.63. The van der Waals surface area contributed by atoms with Gasteiger partial charge in [0.2, 0.25) is 0 Å². The maximum Gasteiger partial charge on any atom is 0.327 e. The number of pyridine rings is 1. The van der Waals surface area contributed by atoms with Crippen LogP contribution in [0.15, 0.2) is 42.6 Å². The van der Waals surface area contributed by atoms with E-state index >= 15 is 0 Å². The predicted molar refractivity (Wildman–Crippen MR) is 119 cm³/mol. The molecule has 0 spiro atoms. The van der Waals surface area contributed by atoms with E-state index in [9.17, 15) is 14.0 Å². The number of alkyl halides is 3. The molecule has 160 valence electrons. The lowest BCUT2D eigenvalue weighted by molar-refractivity contribution is -0.119. The fraction of sp³-hybridized carbons (Fsp3) is 0.286. The third-order valence-electron chi connectivity index (χ3n) is 4.19. The first-order valence-corrected chi connectivity index (χ1v) is 10.4. The van der Waals surface area contributed by atoms with E-state index in [4.69, 9.17) is 34.8 Å². The summed E-state index contributed by atoms with van der Waals surface area (Å²) < 4.78 is 11.3. The van der Waals surface area contributed by atoms with Crippen LogP contribution in [0.2, 0.25) is 0 Å². The number of hydrogen-bond donors (Lipinski definition) is 2. The van der Waals surface area contributed by atoms with E-state index in [0.29, 0.717) is 0 Å². The van der Waals surface area contributed by atoms with Crippen molar-refractivity contribution < 1.29 is 14.0 Å². The van der Waals surface area contributed by atoms with Crippen LogP contribution in [0.4, 0.5) is 15.0 Å². The average Bonchev–Trinajstić information content (AvgIpc) is 2.66. The molecule has 0 aliphatic rings. The van der Waals surface area contributed by atoms with Gasteiger partial charge in [-0.2, -0.15) is 0 Å². The quantitative estimate of drug-likeness (QED) is 0.390. The molecule has 0 radical (unpaired) electrons. The summed E-state index contributed by atoms with van der Waals surface area (Å²) in [6.45, 7) is 3.96. The molecule has 2 rings (SSSR count). The fourth-order valence-corrected chi connectivity index (χ4v) is 2.85. The van der Waals surface area contributed by atoms with Crippen LogP contribution in [0.5, 0.6) is 0 Å². The van der Waals surface area contributed by atoms with Crippen molar-refractivity contribution in [3.63, 3.8) is 0 Å². The number of amides is 3. The first-order chi connectivity index (χ1) is 14.1. The molecule has 0 fully saturated rings. The van der Waals surface area contributed by atoms with Crippen molar-refractivity contribution in [1.29, 1.82) is 0 Å². The van der Waals surface area contributed by atoms with E-state index < -0.39 is 15.7 Å². The molecule has 1 aromatic heterocycles. The normalized spacial score (nSPS) is 11.9. The van der Waals surface area contributed by atoms with Crippen LogP contribution < -0.4 is 10.6 Å². The van der Waals surface area contributed by atoms with E-state index in [0.717, 1.165) is 41.5 Å². The topological polar surface area (TPSA) is 71.1 Å². The first kappa shape index (κ1) is 24.1. The van der Waals surface area contributed by atoms with Gasteiger partial charge in [-0.1, -0.05) is 66.7 Å². The van der Waals surface area contributed by atoms with Crippen molar-refractivity contribution in [2.75, 3.05) is 5.32 Å². The van der Waals surface area contributed by atoms with Gasteiger partial charge >= 0.3 is 6.03 Å². The minimum absolute atomic E-state index is 0.206. The Morgan fingerprint density at radius 2 is 1.93 bits per heavy atom. The van der Waals surface area contributed by atoms with Gasteiger partial charge in [0.15, 0.2) is 0 Å². The molecule has 0 unspecified atom stereocenters. The molecule has 1 aromatic carbocycles. The summed E-state index contributed by atoms with van der Waals surface area (Å²) in [5.74, 6) is -1.16. The Hall–Kier alpha value is -2.15. The Kier molecular flexibility index (Phi) is 8.65. The van der Waals surface area contributed by atoms with E-state index in [1.54, 1.807) is 24.4 Å². The largest absolute Gasteiger partial charge is 0.327 e. The minimum Gasteiger partial charge on any atom is -0.292 e. The van der Waals surface area contributed by atoms with E-state index in [1.807, 2.05) is 12.2 Å². The second-order valence-electron chi connectivity index (χ2n) is 6.56. The number of benzene rings is 1. The Morgan fingerprint density at radius 3 is 2.50 bits per heavy atom. The highest BCUT2D eigenvalue weighted by molar-refractivity contribution is 6.76. The lowest BCUT2D eigenvalue weighted by atomic mass is 9.94. The van der Waals surface area contributed by atoms with Crippen molar-refractivity contribution >= 4 is 58.1 Å². The number of nitrogens with zero attached hydrogens (tertiary/aromatic N) is 1. The highest BCUT2D eigenvalue weighted by Crippen LogP contribution is 2.28. The number of imide groups is 1. The van der Waals surface area contributed by atoms with Gasteiger partial charge in [0, 0.05) is 11.8 Å². The van der Waals surface area contributed by atoms with Crippen molar-refractivity contribution in [3.8, 4) is 0 Å². The van der Waals surface area contributed by atoms with Crippen LogP contribution in [0.1, 0.15) is 42.9 Å². The maximum atomic E-state index is 13.5. The monoisotopic (exact) mass is 471 g/mol. The number of halogens is 4. The number of hydrogen-bond acceptors (Lipinski definition) is 3. The highest BCUT2D eigenvalue weighted by atomic mass is 35.6. The molecular formula is C21H21Cl3FN3O2. The third-order valence-corrected chi connectivity index (χ3v) is 4.70. The Bertz CT molecular complexity index is 942. The second-order valence-corrected chi connectivity index (χ2v) is 8.84. The number of carbonyl (C=O) groups is 2. The minimum atomic E-state index is -2.25. The first-order valence-electron chi connectivity index (χ1n) is 9.24. The molecule has 3 amide bonds. The van der Waals surface area contributed by atoms with Gasteiger partial charge in [-0.05, 0) is 54.3 Å². The number of aryl methyl sites for hydroxylation is 1. The summed E-state index contributed by atoms with van der Waals surface area (Å²) in [7, 11) is 0. The predicted octanol–water partition coefficient (Wildman–Crippen LogP) is 6.17. The molecule has 1 heterocycles. The van der Waals surface area contributed by atoms with E-state index in [1.165, 1.54) is 12.1 Å². The lowest BCUT2D eigenvalue weighted by Crippen LogP contribution is -2.41. The van der Waals surface area contributed by atoms with Gasteiger partial charge in [0.25, 0.3) is 9.70 Å². The van der Waals surface area contributed by atoms with Crippen LogP contribution in [-0.2, 0) is 4.79 Å². The number of unbranched alkanes of at least 4 members (excludes halogenated alkanes) is 2. The van der Waals surface area contributed by atoms with Gasteiger partial charge in [0.05, 0.1) is 0 Å². The molecular weight excluding hydrogens is 452 g/mol. The molecule has 0 aliphatic carbocycles. The van der Waals surface area contributed by atoms with Gasteiger partial charge in [-0.15, -0.1) is 0 Å². The zero-order chi connectivity index (χ0) is 22.3. The van der Waals surface area contributed by atoms with Crippen molar-refractivity contribution in [2.24, 2.45) is 0 Å². The van der Waals surface area contributed by atoms with Gasteiger partial charge in [-0.25, -0.2) is 14.2 Å². The summed E-state index contributed by atoms with van der Waals surface area (Å²) in [5, 5.41) is 4.30. The molecule has 0 bridgehead atoms. The van der Waals surface area contributed by atoms with E-state index in [2.05, 4.69) is 23.3 Å². The van der Waals surface area contributed by atoms with Crippen LogP contribution >= 0.6 is 34.8 Å². The summed E-state index contributed by atoms with van der Waals surface area (Å²) >= 11 is 16.2. The maximum absolute atomic E-state index is 13.5. The van der Waals surface area contributed by atoms with Crippen molar-refractivity contribution in [2.45, 2.75) is 36.9 Å². The van der Waals surface area contributed by atoms with Gasteiger partial charge < -0.3 is 0 Å². The smallest absolute Gasteiger partial charge is 0.292 e. The third kappa shape index (κ3) is 6.97. The fourth-order valence-electron chi connectivity index (χ4n) is 2.71. The molecule has 0 saturated carbocycles. The molecule has 0 saturated heterocycles. The van der Waals surface area contributed by atoms with Gasteiger partial charge in [-0.3, -0.25) is 15.4 Å². The van der Waals surface area contributed by atoms with Gasteiger partial charge in [0.1, 0.15) is 11.6 Å². The zero-order valence-electron chi connectivity index (χ0n) is 16.4. The zero-order valence-corrected chi connectivity index (χ0v) is 18.7. The Balaban J connectivity index is 2.22. The summed E-state index contributed by atoms with van der Waals surface area (Å²) in [5.41, 5.74) is 3.45. The van der Waals surface area contributed by atoms with Crippen LogP contribution in [0.3, 0.4) is 0 Å². The number of aromatic nitrogens is 1. The highest BCUT2D eigenvalue weighted by Gasteiger charge is 2.32. The number of rotatable bonds is 6. The standard InChI is InChI=1S/C21H21Cl3FN3O2/c1-3-4-5-6-17(16-9-8-15(25)11-13(16)2)14-7-10-18(26-12-14)27-20(30)28-19(29)21(22,23)24/h6-12H,3-5H2,1-2H3,(H2,26,27,28,29,30).